The molecule has 0 bridgehead atoms. The normalized spacial score (nSPS) is 24.2. The lowest BCUT2D eigenvalue weighted by atomic mass is 9.98. The lowest BCUT2D eigenvalue weighted by Crippen LogP contribution is -2.65. The van der Waals surface area contributed by atoms with Crippen LogP contribution >= 0.6 is 0 Å². The maximum atomic E-state index is 13.1. The van der Waals surface area contributed by atoms with Crippen molar-refractivity contribution in [1.82, 2.24) is 0 Å². The molecule has 1 N–H and O–H groups in total. The summed E-state index contributed by atoms with van der Waals surface area (Å²) in [5.41, 5.74) is 4.03. The molecule has 1 heterocycles. The number of aliphatic hydroxyl groups is 1. The highest BCUT2D eigenvalue weighted by atomic mass is 16.6. The molecule has 0 aliphatic carbocycles. The number of aryl methyl sites for hydroxylation is 3. The van der Waals surface area contributed by atoms with Gasteiger partial charge in [0.25, 0.3) is 0 Å². The van der Waals surface area contributed by atoms with E-state index in [2.05, 4.69) is 0 Å². The molecule has 2 aromatic rings. The molecule has 0 aromatic heterocycles. The lowest BCUT2D eigenvalue weighted by molar-refractivity contribution is -0.987. The van der Waals surface area contributed by atoms with E-state index in [1.54, 1.807) is 0 Å². The summed E-state index contributed by atoms with van der Waals surface area (Å²) in [5.74, 6) is 0.579. The van der Waals surface area contributed by atoms with E-state index in [0.717, 1.165) is 22.3 Å². The fourth-order valence-electron chi connectivity index (χ4n) is 4.34. The second-order valence-electron chi connectivity index (χ2n) is 9.17. The minimum Gasteiger partial charge on any atom is -0.632 e. The van der Waals surface area contributed by atoms with Crippen molar-refractivity contribution in [3.63, 3.8) is 0 Å². The van der Waals surface area contributed by atoms with Crippen LogP contribution in [0.2, 0.25) is 0 Å². The molecular formula is C25H34N2O5. The molecular weight excluding hydrogens is 408 g/mol. The SMILES string of the molecule is Cc1ccccc1OCC(O)C[N+]1([O-])CC[N+]([O-])(CC(=O)Cc2c(C)cccc2C)CC1. The maximum Gasteiger partial charge on any atom is 0.191 e. The first-order chi connectivity index (χ1) is 15.1. The van der Waals surface area contributed by atoms with Gasteiger partial charge in [0, 0.05) is 6.42 Å². The van der Waals surface area contributed by atoms with Crippen molar-refractivity contribution in [2.45, 2.75) is 33.3 Å². The zero-order valence-corrected chi connectivity index (χ0v) is 19.3. The number of quaternary nitrogens is 2. The Hall–Kier alpha value is -2.29. The maximum absolute atomic E-state index is 13.1. The number of hydrogen-bond acceptors (Lipinski definition) is 5. The summed E-state index contributed by atoms with van der Waals surface area (Å²) >= 11 is 0. The molecule has 1 saturated heterocycles. The Morgan fingerprint density at radius 1 is 0.938 bits per heavy atom. The van der Waals surface area contributed by atoms with Crippen LogP contribution in [0.3, 0.4) is 0 Å². The van der Waals surface area contributed by atoms with Crippen LogP contribution in [-0.2, 0) is 11.2 Å². The van der Waals surface area contributed by atoms with Crippen molar-refractivity contribution >= 4 is 5.78 Å². The molecule has 0 amide bonds. The highest BCUT2D eigenvalue weighted by molar-refractivity contribution is 5.82. The van der Waals surface area contributed by atoms with Gasteiger partial charge < -0.3 is 29.6 Å². The van der Waals surface area contributed by atoms with Gasteiger partial charge in [-0.3, -0.25) is 4.79 Å². The Morgan fingerprint density at radius 3 is 2.12 bits per heavy atom. The van der Waals surface area contributed by atoms with E-state index in [9.17, 15) is 20.3 Å². The van der Waals surface area contributed by atoms with Gasteiger partial charge in [-0.25, -0.2) is 0 Å². The molecule has 1 aliphatic rings. The third-order valence-electron chi connectivity index (χ3n) is 6.38. The second kappa shape index (κ2) is 10.1. The van der Waals surface area contributed by atoms with Crippen molar-refractivity contribution in [3.8, 4) is 5.75 Å². The van der Waals surface area contributed by atoms with Gasteiger partial charge in [0.15, 0.2) is 5.78 Å². The van der Waals surface area contributed by atoms with Gasteiger partial charge in [-0.2, -0.15) is 0 Å². The van der Waals surface area contributed by atoms with Crippen molar-refractivity contribution in [3.05, 3.63) is 75.1 Å². The molecule has 1 fully saturated rings. The number of nitrogens with zero attached hydrogens (tertiary/aromatic N) is 2. The van der Waals surface area contributed by atoms with Gasteiger partial charge in [0.1, 0.15) is 57.7 Å². The predicted molar refractivity (Wildman–Crippen MR) is 124 cm³/mol. The third-order valence-corrected chi connectivity index (χ3v) is 6.38. The summed E-state index contributed by atoms with van der Waals surface area (Å²) in [6, 6.07) is 13.4. The van der Waals surface area contributed by atoms with Gasteiger partial charge in [-0.05, 0) is 49.1 Å². The average molecular weight is 443 g/mol. The van der Waals surface area contributed by atoms with Crippen LogP contribution < -0.4 is 4.74 Å². The highest BCUT2D eigenvalue weighted by Crippen LogP contribution is 2.21. The Balaban J connectivity index is 1.49. The molecule has 1 atom stereocenters. The number of para-hydroxylation sites is 1. The summed E-state index contributed by atoms with van der Waals surface area (Å²) in [6.07, 6.45) is -0.683. The first-order valence-corrected chi connectivity index (χ1v) is 11.2. The third kappa shape index (κ3) is 6.37. The smallest absolute Gasteiger partial charge is 0.191 e. The molecule has 0 saturated carbocycles. The Labute approximate surface area is 190 Å². The minimum absolute atomic E-state index is 0.0256. The summed E-state index contributed by atoms with van der Waals surface area (Å²) in [4.78, 5) is 12.6. The average Bonchev–Trinajstić information content (AvgIpc) is 2.73. The first kappa shape index (κ1) is 24.4. The molecule has 1 unspecified atom stereocenters. The number of carbonyl (C=O) groups is 1. The number of hydroxylamine groups is 6. The monoisotopic (exact) mass is 442 g/mol. The van der Waals surface area contributed by atoms with Crippen molar-refractivity contribution in [1.29, 1.82) is 0 Å². The Morgan fingerprint density at radius 2 is 1.50 bits per heavy atom. The van der Waals surface area contributed by atoms with Crippen molar-refractivity contribution < 1.29 is 23.9 Å². The molecule has 174 valence electrons. The van der Waals surface area contributed by atoms with Crippen molar-refractivity contribution in [2.24, 2.45) is 0 Å². The molecule has 0 radical (unpaired) electrons. The lowest BCUT2D eigenvalue weighted by Gasteiger charge is -2.54. The van der Waals surface area contributed by atoms with E-state index >= 15 is 0 Å². The van der Waals surface area contributed by atoms with Crippen LogP contribution in [-0.4, -0.2) is 72.2 Å². The number of aliphatic hydroxyl groups excluding tert-OH is 1. The molecule has 7 nitrogen and oxygen atoms in total. The topological polar surface area (TPSA) is 92.7 Å². The summed E-state index contributed by atoms with van der Waals surface area (Å²) in [5, 5.41) is 36.5. The van der Waals surface area contributed by atoms with Gasteiger partial charge in [-0.15, -0.1) is 0 Å². The molecule has 2 aromatic carbocycles. The van der Waals surface area contributed by atoms with Crippen LogP contribution in [0.25, 0.3) is 0 Å². The number of rotatable bonds is 9. The molecule has 0 spiro atoms. The Bertz CT molecular complexity index is 917. The van der Waals surface area contributed by atoms with E-state index in [-0.39, 0.29) is 58.1 Å². The quantitative estimate of drug-likeness (QED) is 0.476. The predicted octanol–water partition coefficient (Wildman–Crippen LogP) is 2.81. The summed E-state index contributed by atoms with van der Waals surface area (Å²) in [6.45, 7) is 6.06. The highest BCUT2D eigenvalue weighted by Gasteiger charge is 2.35. The van der Waals surface area contributed by atoms with Gasteiger partial charge in [0.2, 0.25) is 0 Å². The fraction of sp³-hybridized carbons (Fsp3) is 0.480. The second-order valence-corrected chi connectivity index (χ2v) is 9.17. The van der Waals surface area contributed by atoms with Crippen LogP contribution in [0.1, 0.15) is 22.3 Å². The fourth-order valence-corrected chi connectivity index (χ4v) is 4.34. The van der Waals surface area contributed by atoms with Crippen LogP contribution in [0.15, 0.2) is 42.5 Å². The largest absolute Gasteiger partial charge is 0.632 e. The van der Waals surface area contributed by atoms with Crippen LogP contribution in [0.5, 0.6) is 5.75 Å². The minimum atomic E-state index is -0.926. The number of hydrogen-bond donors (Lipinski definition) is 1. The zero-order chi connectivity index (χ0) is 23.4. The zero-order valence-electron chi connectivity index (χ0n) is 19.3. The van der Waals surface area contributed by atoms with Gasteiger partial charge in [0.05, 0.1) is 0 Å². The number of carbonyl (C=O) groups excluding carboxylic acids is 1. The van der Waals surface area contributed by atoms with Crippen LogP contribution in [0.4, 0.5) is 0 Å². The van der Waals surface area contributed by atoms with E-state index in [1.165, 1.54) is 0 Å². The van der Waals surface area contributed by atoms with Crippen molar-refractivity contribution in [2.75, 3.05) is 45.9 Å². The van der Waals surface area contributed by atoms with E-state index in [1.807, 2.05) is 63.2 Å². The standard InChI is InChI=1S/C25H34N2O5/c1-19-8-6-9-20(2)24(19)15-22(28)16-26(30)11-13-27(31,14-12-26)17-23(29)18-32-25-10-5-4-7-21(25)3/h4-10,23,29H,11-18H2,1-3H3. The van der Waals surface area contributed by atoms with Gasteiger partial charge >= 0.3 is 0 Å². The molecule has 3 rings (SSSR count). The number of piperazine rings is 1. The Kier molecular flexibility index (Phi) is 7.69. The van der Waals surface area contributed by atoms with E-state index in [0.29, 0.717) is 5.75 Å². The molecule has 1 aliphatic heterocycles. The summed E-state index contributed by atoms with van der Waals surface area (Å²) < 4.78 is 4.35. The number of ether oxygens (including phenoxy) is 1. The van der Waals surface area contributed by atoms with E-state index in [4.69, 9.17) is 4.74 Å². The van der Waals surface area contributed by atoms with Crippen LogP contribution in [0, 0.1) is 31.2 Å². The number of ketones is 1. The first-order valence-electron chi connectivity index (χ1n) is 11.2. The van der Waals surface area contributed by atoms with Gasteiger partial charge in [-0.1, -0.05) is 36.4 Å². The molecule has 7 heteroatoms. The van der Waals surface area contributed by atoms with E-state index < -0.39 is 15.4 Å². The number of benzene rings is 2. The number of Topliss-reactive ketones (excluding diaryl/α,β-unsaturated/α-hetero) is 1. The molecule has 32 heavy (non-hydrogen) atoms. The summed E-state index contributed by atoms with van der Waals surface area (Å²) in [7, 11) is 0.